The summed E-state index contributed by atoms with van der Waals surface area (Å²) in [6.07, 6.45) is 4.55. The molecule has 1 fully saturated rings. The number of nitrogens with two attached hydrogens (primary N) is 1. The molecule has 1 aliphatic heterocycles. The molecular weight excluding hydrogens is 214 g/mol. The van der Waals surface area contributed by atoms with E-state index in [-0.39, 0.29) is 11.9 Å². The number of carbonyl (C=O) groups excluding carboxylic acids is 1. The topological polar surface area (TPSA) is 52.3 Å². The Balaban J connectivity index is 2.09. The van der Waals surface area contributed by atoms with E-state index in [1.54, 1.807) is 0 Å². The summed E-state index contributed by atoms with van der Waals surface area (Å²) in [7, 11) is 0. The molecule has 0 saturated carbocycles. The molecule has 0 radical (unpaired) electrons. The molecule has 0 bridgehead atoms. The Morgan fingerprint density at radius 1 is 1.41 bits per heavy atom. The summed E-state index contributed by atoms with van der Waals surface area (Å²) in [4.78, 5) is 11.6. The summed E-state index contributed by atoms with van der Waals surface area (Å²) in [6.45, 7) is 2.38. The summed E-state index contributed by atoms with van der Waals surface area (Å²) < 4.78 is 4.94. The molecule has 1 aromatic carbocycles. The highest BCUT2D eigenvalue weighted by Gasteiger charge is 2.44. The molecular formula is C14H17NO2. The largest absolute Gasteiger partial charge is 0.464 e. The normalized spacial score (nSPS) is 26.1. The highest BCUT2D eigenvalue weighted by molar-refractivity contribution is 5.83. The second kappa shape index (κ2) is 4.72. The van der Waals surface area contributed by atoms with Crippen molar-refractivity contribution >= 4 is 12.0 Å². The van der Waals surface area contributed by atoms with Gasteiger partial charge in [0.1, 0.15) is 5.54 Å². The third-order valence-electron chi connectivity index (χ3n) is 3.32. The molecule has 17 heavy (non-hydrogen) atoms. The summed E-state index contributed by atoms with van der Waals surface area (Å²) in [5, 5.41) is 0. The van der Waals surface area contributed by atoms with Crippen molar-refractivity contribution in [3.63, 3.8) is 0 Å². The number of hydrogen-bond donors (Lipinski definition) is 1. The molecule has 3 heteroatoms. The monoisotopic (exact) mass is 231 g/mol. The molecule has 2 atom stereocenters. The lowest BCUT2D eigenvalue weighted by Gasteiger charge is -2.24. The Morgan fingerprint density at radius 2 is 2.12 bits per heavy atom. The van der Waals surface area contributed by atoms with Crippen molar-refractivity contribution in [2.75, 3.05) is 6.61 Å². The number of carbonyl (C=O) groups is 1. The molecule has 2 rings (SSSR count). The van der Waals surface area contributed by atoms with Crippen LogP contribution in [0.5, 0.6) is 0 Å². The molecule has 0 aliphatic carbocycles. The summed E-state index contributed by atoms with van der Waals surface area (Å²) in [5.74, 6) is -0.319. The van der Waals surface area contributed by atoms with Gasteiger partial charge in [0, 0.05) is 12.3 Å². The fourth-order valence-electron chi connectivity index (χ4n) is 1.95. The van der Waals surface area contributed by atoms with Crippen LogP contribution in [-0.4, -0.2) is 18.1 Å². The van der Waals surface area contributed by atoms with Gasteiger partial charge in [-0.1, -0.05) is 49.4 Å². The SMILES string of the molecule is C[C@H](/C=C/c1ccccc1)[C@@]1(N)CCOC1=O. The van der Waals surface area contributed by atoms with Crippen LogP contribution in [0.4, 0.5) is 0 Å². The van der Waals surface area contributed by atoms with Crippen LogP contribution in [-0.2, 0) is 9.53 Å². The average Bonchev–Trinajstić information content (AvgIpc) is 2.69. The first kappa shape index (κ1) is 11.9. The molecule has 1 heterocycles. The predicted molar refractivity (Wildman–Crippen MR) is 67.1 cm³/mol. The van der Waals surface area contributed by atoms with Crippen LogP contribution in [0.15, 0.2) is 36.4 Å². The second-order valence-corrected chi connectivity index (χ2v) is 4.48. The van der Waals surface area contributed by atoms with Crippen molar-refractivity contribution < 1.29 is 9.53 Å². The van der Waals surface area contributed by atoms with E-state index in [0.717, 1.165) is 5.56 Å². The van der Waals surface area contributed by atoms with Gasteiger partial charge in [-0.15, -0.1) is 0 Å². The van der Waals surface area contributed by atoms with Crippen LogP contribution < -0.4 is 5.73 Å². The van der Waals surface area contributed by atoms with E-state index in [1.807, 2.05) is 49.4 Å². The van der Waals surface area contributed by atoms with E-state index in [9.17, 15) is 4.79 Å². The lowest BCUT2D eigenvalue weighted by molar-refractivity contribution is -0.143. The van der Waals surface area contributed by atoms with Crippen LogP contribution in [0.25, 0.3) is 6.08 Å². The number of rotatable bonds is 3. The van der Waals surface area contributed by atoms with Crippen molar-refractivity contribution in [3.8, 4) is 0 Å². The minimum atomic E-state index is -0.856. The minimum absolute atomic E-state index is 0.0299. The fraction of sp³-hybridized carbons (Fsp3) is 0.357. The summed E-state index contributed by atoms with van der Waals surface area (Å²) >= 11 is 0. The van der Waals surface area contributed by atoms with Gasteiger partial charge < -0.3 is 10.5 Å². The Morgan fingerprint density at radius 3 is 2.71 bits per heavy atom. The number of hydrogen-bond acceptors (Lipinski definition) is 3. The Bertz CT molecular complexity index is 427. The molecule has 1 aliphatic rings. The minimum Gasteiger partial charge on any atom is -0.464 e. The number of ether oxygens (including phenoxy) is 1. The van der Waals surface area contributed by atoms with Gasteiger partial charge in [0.2, 0.25) is 0 Å². The van der Waals surface area contributed by atoms with Crippen LogP contribution in [0.2, 0.25) is 0 Å². The van der Waals surface area contributed by atoms with Crippen molar-refractivity contribution in [1.82, 2.24) is 0 Å². The predicted octanol–water partition coefficient (Wildman–Crippen LogP) is 1.98. The van der Waals surface area contributed by atoms with E-state index in [0.29, 0.717) is 13.0 Å². The Hall–Kier alpha value is -1.61. The summed E-state index contributed by atoms with van der Waals surface area (Å²) in [6, 6.07) is 9.96. The first-order valence-electron chi connectivity index (χ1n) is 5.82. The first-order valence-corrected chi connectivity index (χ1v) is 5.82. The van der Waals surface area contributed by atoms with Crippen molar-refractivity contribution in [3.05, 3.63) is 42.0 Å². The van der Waals surface area contributed by atoms with Gasteiger partial charge in [-0.2, -0.15) is 0 Å². The highest BCUT2D eigenvalue weighted by Crippen LogP contribution is 2.27. The zero-order valence-electron chi connectivity index (χ0n) is 9.93. The molecule has 0 aromatic heterocycles. The maximum atomic E-state index is 11.6. The van der Waals surface area contributed by atoms with E-state index >= 15 is 0 Å². The Labute approximate surface area is 101 Å². The maximum absolute atomic E-state index is 11.6. The second-order valence-electron chi connectivity index (χ2n) is 4.48. The van der Waals surface area contributed by atoms with Crippen LogP contribution in [0, 0.1) is 5.92 Å². The third kappa shape index (κ3) is 2.39. The number of benzene rings is 1. The molecule has 90 valence electrons. The molecule has 0 spiro atoms. The van der Waals surface area contributed by atoms with Gasteiger partial charge in [-0.3, -0.25) is 4.79 Å². The van der Waals surface area contributed by atoms with Crippen molar-refractivity contribution in [2.45, 2.75) is 18.9 Å². The van der Waals surface area contributed by atoms with Gasteiger partial charge in [0.05, 0.1) is 6.61 Å². The zero-order valence-corrected chi connectivity index (χ0v) is 9.93. The lowest BCUT2D eigenvalue weighted by atomic mass is 9.84. The molecule has 1 saturated heterocycles. The van der Waals surface area contributed by atoms with E-state index in [4.69, 9.17) is 10.5 Å². The van der Waals surface area contributed by atoms with E-state index < -0.39 is 5.54 Å². The van der Waals surface area contributed by atoms with E-state index in [2.05, 4.69) is 0 Å². The highest BCUT2D eigenvalue weighted by atomic mass is 16.5. The van der Waals surface area contributed by atoms with E-state index in [1.165, 1.54) is 0 Å². The number of cyclic esters (lactones) is 1. The van der Waals surface area contributed by atoms with Gasteiger partial charge >= 0.3 is 5.97 Å². The van der Waals surface area contributed by atoms with Gasteiger partial charge in [-0.25, -0.2) is 0 Å². The quantitative estimate of drug-likeness (QED) is 0.809. The van der Waals surface area contributed by atoms with Gasteiger partial charge in [-0.05, 0) is 5.56 Å². The standard InChI is InChI=1S/C14H17NO2/c1-11(14(15)9-10-17-13(14)16)7-8-12-5-3-2-4-6-12/h2-8,11H,9-10,15H2,1H3/b8-7+/t11-,14+/m1/s1. The van der Waals surface area contributed by atoms with Gasteiger partial charge in [0.15, 0.2) is 0 Å². The first-order chi connectivity index (χ1) is 8.13. The molecule has 2 N–H and O–H groups in total. The van der Waals surface area contributed by atoms with Crippen molar-refractivity contribution in [2.24, 2.45) is 11.7 Å². The molecule has 3 nitrogen and oxygen atoms in total. The molecule has 0 unspecified atom stereocenters. The third-order valence-corrected chi connectivity index (χ3v) is 3.32. The van der Waals surface area contributed by atoms with Crippen molar-refractivity contribution in [1.29, 1.82) is 0 Å². The molecule has 1 aromatic rings. The smallest absolute Gasteiger partial charge is 0.326 e. The maximum Gasteiger partial charge on any atom is 0.326 e. The van der Waals surface area contributed by atoms with Crippen LogP contribution in [0.3, 0.4) is 0 Å². The molecule has 0 amide bonds. The Kier molecular flexibility index (Phi) is 3.29. The lowest BCUT2D eigenvalue weighted by Crippen LogP contribution is -2.49. The fourth-order valence-corrected chi connectivity index (χ4v) is 1.95. The average molecular weight is 231 g/mol. The van der Waals surface area contributed by atoms with Crippen LogP contribution in [0.1, 0.15) is 18.9 Å². The summed E-state index contributed by atoms with van der Waals surface area (Å²) in [5.41, 5.74) is 6.33. The van der Waals surface area contributed by atoms with Crippen LogP contribution >= 0.6 is 0 Å². The van der Waals surface area contributed by atoms with Gasteiger partial charge in [0.25, 0.3) is 0 Å². The zero-order chi connectivity index (χ0) is 12.3. The number of esters is 1.